The van der Waals surface area contributed by atoms with E-state index in [9.17, 15) is 19.6 Å². The van der Waals surface area contributed by atoms with Crippen molar-refractivity contribution in [1.29, 1.82) is 0 Å². The molecule has 2 heterocycles. The average molecular weight is 444 g/mol. The van der Waals surface area contributed by atoms with Gasteiger partial charge in [-0.1, -0.05) is 30.3 Å². The molecule has 32 heavy (non-hydrogen) atoms. The summed E-state index contributed by atoms with van der Waals surface area (Å²) in [5, 5.41) is 9.26. The second-order valence-electron chi connectivity index (χ2n) is 9.21. The Labute approximate surface area is 188 Å². The topological polar surface area (TPSA) is 99.2 Å². The second kappa shape index (κ2) is 10.3. The van der Waals surface area contributed by atoms with E-state index in [1.165, 1.54) is 5.56 Å². The Morgan fingerprint density at radius 3 is 2.22 bits per heavy atom. The van der Waals surface area contributed by atoms with Gasteiger partial charge >= 0.3 is 6.09 Å². The molecule has 4 rings (SSSR count). The van der Waals surface area contributed by atoms with Crippen molar-refractivity contribution >= 4 is 17.9 Å². The van der Waals surface area contributed by atoms with Gasteiger partial charge in [0, 0.05) is 26.2 Å². The maximum absolute atomic E-state index is 13.3. The number of hydroxylamine groups is 1. The maximum Gasteiger partial charge on any atom is 0.410 e. The summed E-state index contributed by atoms with van der Waals surface area (Å²) in [6.45, 7) is 2.73. The maximum atomic E-state index is 13.3. The Bertz CT molecular complexity index is 803. The first-order chi connectivity index (χ1) is 15.6. The third-order valence-electron chi connectivity index (χ3n) is 7.28. The van der Waals surface area contributed by atoms with E-state index in [1.807, 2.05) is 23.1 Å². The highest BCUT2D eigenvalue weighted by Gasteiger charge is 2.43. The molecule has 2 saturated heterocycles. The molecule has 1 saturated carbocycles. The zero-order chi connectivity index (χ0) is 22.5. The van der Waals surface area contributed by atoms with Gasteiger partial charge in [0.2, 0.25) is 11.8 Å². The number of ether oxygens (including phenoxy) is 1. The van der Waals surface area contributed by atoms with Crippen molar-refractivity contribution in [3.05, 3.63) is 35.9 Å². The minimum atomic E-state index is -0.704. The van der Waals surface area contributed by atoms with E-state index in [4.69, 9.17) is 4.74 Å². The lowest BCUT2D eigenvalue weighted by Crippen LogP contribution is -2.49. The van der Waals surface area contributed by atoms with Crippen molar-refractivity contribution in [3.8, 4) is 0 Å². The predicted octanol–water partition coefficient (Wildman–Crippen LogP) is 2.92. The number of nitrogens with one attached hydrogen (secondary N) is 1. The number of benzene rings is 1. The van der Waals surface area contributed by atoms with Gasteiger partial charge < -0.3 is 14.5 Å². The summed E-state index contributed by atoms with van der Waals surface area (Å²) >= 11 is 0. The molecule has 3 amide bonds. The van der Waals surface area contributed by atoms with Crippen LogP contribution < -0.4 is 5.48 Å². The molecule has 3 aliphatic rings. The van der Waals surface area contributed by atoms with E-state index in [2.05, 4.69) is 12.1 Å². The van der Waals surface area contributed by atoms with Gasteiger partial charge in [0.05, 0.1) is 11.8 Å². The molecule has 2 N–H and O–H groups in total. The number of amides is 3. The smallest absolute Gasteiger partial charge is 0.410 e. The van der Waals surface area contributed by atoms with Crippen molar-refractivity contribution in [2.45, 2.75) is 57.0 Å². The molecule has 1 aliphatic carbocycles. The molecule has 0 unspecified atom stereocenters. The van der Waals surface area contributed by atoms with Crippen LogP contribution in [0.15, 0.2) is 30.3 Å². The molecule has 0 spiro atoms. The van der Waals surface area contributed by atoms with E-state index in [0.29, 0.717) is 44.9 Å². The van der Waals surface area contributed by atoms with E-state index >= 15 is 0 Å². The molecule has 0 aromatic heterocycles. The SMILES string of the molecule is O=C(NO)[C@H]1C[C@H](OC(=O)N2CCCC2)CC[C@@H]1C(=O)N1CCC(c2ccccc2)CC1. The average Bonchev–Trinajstić information content (AvgIpc) is 3.39. The number of piperidine rings is 1. The molecule has 8 nitrogen and oxygen atoms in total. The Morgan fingerprint density at radius 1 is 0.875 bits per heavy atom. The quantitative estimate of drug-likeness (QED) is 0.551. The Hall–Kier alpha value is -2.61. The van der Waals surface area contributed by atoms with Crippen molar-refractivity contribution in [2.24, 2.45) is 11.8 Å². The van der Waals surface area contributed by atoms with Gasteiger partial charge in [-0.05, 0) is 56.4 Å². The van der Waals surface area contributed by atoms with Crippen LogP contribution in [-0.4, -0.2) is 65.2 Å². The Kier molecular flexibility index (Phi) is 7.29. The van der Waals surface area contributed by atoms with E-state index in [-0.39, 0.29) is 18.4 Å². The largest absolute Gasteiger partial charge is 0.446 e. The fourth-order valence-electron chi connectivity index (χ4n) is 5.42. The standard InChI is InChI=1S/C24H33N3O5/c28-22(25-31)21-16-19(32-24(30)27-12-4-5-13-27)8-9-20(21)23(29)26-14-10-18(11-15-26)17-6-2-1-3-7-17/h1-3,6-7,18-21,31H,4-5,8-16H2,(H,25,28)/t19-,20+,21+/m1/s1. The third kappa shape index (κ3) is 5.06. The van der Waals surface area contributed by atoms with Crippen LogP contribution in [0.1, 0.15) is 56.4 Å². The second-order valence-corrected chi connectivity index (χ2v) is 9.21. The summed E-state index contributed by atoms with van der Waals surface area (Å²) < 4.78 is 5.64. The van der Waals surface area contributed by atoms with Crippen LogP contribution in [0.25, 0.3) is 0 Å². The van der Waals surface area contributed by atoms with Gasteiger partial charge in [0.25, 0.3) is 0 Å². The highest BCUT2D eigenvalue weighted by molar-refractivity contribution is 5.87. The number of rotatable bonds is 4. The van der Waals surface area contributed by atoms with E-state index < -0.39 is 23.8 Å². The lowest BCUT2D eigenvalue weighted by atomic mass is 9.76. The summed E-state index contributed by atoms with van der Waals surface area (Å²) in [7, 11) is 0. The van der Waals surface area contributed by atoms with Crippen LogP contribution in [0.5, 0.6) is 0 Å². The summed E-state index contributed by atoms with van der Waals surface area (Å²) in [6, 6.07) is 10.4. The van der Waals surface area contributed by atoms with E-state index in [1.54, 1.807) is 10.4 Å². The zero-order valence-corrected chi connectivity index (χ0v) is 18.4. The molecular formula is C24H33N3O5. The number of likely N-dealkylation sites (tertiary alicyclic amines) is 2. The zero-order valence-electron chi connectivity index (χ0n) is 18.4. The summed E-state index contributed by atoms with van der Waals surface area (Å²) in [4.78, 5) is 41.6. The van der Waals surface area contributed by atoms with Crippen LogP contribution in [0.3, 0.4) is 0 Å². The van der Waals surface area contributed by atoms with Gasteiger partial charge in [-0.15, -0.1) is 0 Å². The fraction of sp³-hybridized carbons (Fsp3) is 0.625. The number of nitrogens with zero attached hydrogens (tertiary/aromatic N) is 2. The van der Waals surface area contributed by atoms with Gasteiger partial charge in [0.1, 0.15) is 6.10 Å². The van der Waals surface area contributed by atoms with Gasteiger partial charge in [-0.2, -0.15) is 0 Å². The molecule has 1 aromatic rings. The van der Waals surface area contributed by atoms with Crippen LogP contribution >= 0.6 is 0 Å². The first kappa shape index (κ1) is 22.6. The Balaban J connectivity index is 1.35. The minimum Gasteiger partial charge on any atom is -0.446 e. The molecule has 0 bridgehead atoms. The summed E-state index contributed by atoms with van der Waals surface area (Å²) in [6.07, 6.45) is 4.26. The number of carbonyl (C=O) groups is 3. The lowest BCUT2D eigenvalue weighted by molar-refractivity contribution is -0.149. The van der Waals surface area contributed by atoms with Crippen LogP contribution in [-0.2, 0) is 14.3 Å². The predicted molar refractivity (Wildman–Crippen MR) is 117 cm³/mol. The van der Waals surface area contributed by atoms with Crippen molar-refractivity contribution in [1.82, 2.24) is 15.3 Å². The number of hydrogen-bond acceptors (Lipinski definition) is 5. The summed E-state index contributed by atoms with van der Waals surface area (Å²) in [5.41, 5.74) is 3.02. The molecule has 2 aliphatic heterocycles. The first-order valence-corrected chi connectivity index (χ1v) is 11.8. The molecule has 8 heteroatoms. The van der Waals surface area contributed by atoms with Crippen LogP contribution in [0, 0.1) is 11.8 Å². The Morgan fingerprint density at radius 2 is 1.56 bits per heavy atom. The highest BCUT2D eigenvalue weighted by atomic mass is 16.6. The number of hydrogen-bond donors (Lipinski definition) is 2. The highest BCUT2D eigenvalue weighted by Crippen LogP contribution is 2.36. The fourth-order valence-corrected chi connectivity index (χ4v) is 5.42. The van der Waals surface area contributed by atoms with E-state index in [0.717, 1.165) is 25.7 Å². The molecule has 174 valence electrons. The van der Waals surface area contributed by atoms with Gasteiger partial charge in [-0.25, -0.2) is 10.3 Å². The van der Waals surface area contributed by atoms with Crippen LogP contribution in [0.4, 0.5) is 4.79 Å². The van der Waals surface area contributed by atoms with Gasteiger partial charge in [0.15, 0.2) is 0 Å². The molecular weight excluding hydrogens is 410 g/mol. The van der Waals surface area contributed by atoms with Crippen molar-refractivity contribution in [3.63, 3.8) is 0 Å². The normalized spacial score (nSPS) is 26.6. The monoisotopic (exact) mass is 443 g/mol. The summed E-state index contributed by atoms with van der Waals surface area (Å²) in [5.74, 6) is -1.38. The van der Waals surface area contributed by atoms with Crippen LogP contribution in [0.2, 0.25) is 0 Å². The van der Waals surface area contributed by atoms with Gasteiger partial charge in [-0.3, -0.25) is 14.8 Å². The minimum absolute atomic E-state index is 0.0329. The molecule has 1 aromatic carbocycles. The third-order valence-corrected chi connectivity index (χ3v) is 7.28. The molecule has 3 fully saturated rings. The lowest BCUT2D eigenvalue weighted by Gasteiger charge is -2.39. The van der Waals surface area contributed by atoms with Crippen molar-refractivity contribution < 1.29 is 24.3 Å². The molecule has 0 radical (unpaired) electrons. The number of carbonyl (C=O) groups excluding carboxylic acids is 3. The molecule has 3 atom stereocenters. The first-order valence-electron chi connectivity index (χ1n) is 11.8. The van der Waals surface area contributed by atoms with Crippen molar-refractivity contribution in [2.75, 3.05) is 26.2 Å².